The van der Waals surface area contributed by atoms with Gasteiger partial charge in [0.1, 0.15) is 11.0 Å². The number of anilines is 1. The third-order valence-electron chi connectivity index (χ3n) is 3.83. The molecule has 2 aromatic rings. The summed E-state index contributed by atoms with van der Waals surface area (Å²) in [6, 6.07) is 11.7. The predicted molar refractivity (Wildman–Crippen MR) is 88.2 cm³/mol. The third-order valence-corrected chi connectivity index (χ3v) is 4.02. The van der Waals surface area contributed by atoms with Crippen molar-refractivity contribution in [3.8, 4) is 11.4 Å². The van der Waals surface area contributed by atoms with Crippen LogP contribution in [0.2, 0.25) is 5.15 Å². The summed E-state index contributed by atoms with van der Waals surface area (Å²) in [6.07, 6.45) is 0. The number of piperazine rings is 1. The van der Waals surface area contributed by atoms with E-state index in [2.05, 4.69) is 19.8 Å². The molecule has 2 heterocycles. The van der Waals surface area contributed by atoms with E-state index in [0.29, 0.717) is 11.0 Å². The summed E-state index contributed by atoms with van der Waals surface area (Å²) in [6.45, 7) is 4.53. The van der Waals surface area contributed by atoms with Crippen molar-refractivity contribution in [3.05, 3.63) is 41.6 Å². The predicted octanol–water partition coefficient (Wildman–Crippen LogP) is 1.91. The highest BCUT2D eigenvalue weighted by molar-refractivity contribution is 6.29. The fourth-order valence-corrected chi connectivity index (χ4v) is 2.80. The number of benzene rings is 1. The van der Waals surface area contributed by atoms with Gasteiger partial charge >= 0.3 is 0 Å². The number of nitrogens with zero attached hydrogens (tertiary/aromatic N) is 4. The van der Waals surface area contributed by atoms with Crippen LogP contribution in [0.5, 0.6) is 0 Å². The summed E-state index contributed by atoms with van der Waals surface area (Å²) >= 11 is 6.18. The minimum atomic E-state index is 0.206. The molecule has 22 heavy (non-hydrogen) atoms. The Bertz CT molecular complexity index is 615. The molecule has 0 saturated carbocycles. The van der Waals surface area contributed by atoms with E-state index in [4.69, 9.17) is 16.7 Å². The summed E-state index contributed by atoms with van der Waals surface area (Å²) in [4.78, 5) is 13.5. The molecule has 0 aliphatic carbocycles. The van der Waals surface area contributed by atoms with Gasteiger partial charge in [0.05, 0.1) is 6.61 Å². The summed E-state index contributed by atoms with van der Waals surface area (Å²) in [7, 11) is 0. The number of halogens is 1. The Kier molecular flexibility index (Phi) is 4.87. The van der Waals surface area contributed by atoms with Crippen LogP contribution >= 0.6 is 11.6 Å². The van der Waals surface area contributed by atoms with Gasteiger partial charge < -0.3 is 10.0 Å². The molecule has 3 rings (SSSR count). The first-order valence-electron chi connectivity index (χ1n) is 7.44. The number of aliphatic hydroxyl groups excluding tert-OH is 1. The molecule has 1 N–H and O–H groups in total. The van der Waals surface area contributed by atoms with Gasteiger partial charge in [0, 0.05) is 44.4 Å². The molecule has 0 radical (unpaired) electrons. The standard InChI is InChI=1S/C16H19ClN4O/c17-14-12-15(21-8-6-20(7-9-21)10-11-22)19-16(18-14)13-4-2-1-3-5-13/h1-5,12,22H,6-11H2. The molecule has 1 fully saturated rings. The Balaban J connectivity index is 1.79. The molecule has 1 saturated heterocycles. The van der Waals surface area contributed by atoms with Crippen LogP contribution in [-0.4, -0.2) is 59.3 Å². The minimum Gasteiger partial charge on any atom is -0.395 e. The molecule has 116 valence electrons. The Hall–Kier alpha value is -1.69. The van der Waals surface area contributed by atoms with E-state index in [9.17, 15) is 0 Å². The molecule has 0 unspecified atom stereocenters. The van der Waals surface area contributed by atoms with E-state index in [1.54, 1.807) is 0 Å². The van der Waals surface area contributed by atoms with Crippen molar-refractivity contribution in [2.24, 2.45) is 0 Å². The summed E-state index contributed by atoms with van der Waals surface area (Å²) in [5.41, 5.74) is 0.963. The molecule has 1 aliphatic heterocycles. The fraction of sp³-hybridized carbons (Fsp3) is 0.375. The second-order valence-electron chi connectivity index (χ2n) is 5.29. The van der Waals surface area contributed by atoms with Crippen molar-refractivity contribution >= 4 is 17.4 Å². The smallest absolute Gasteiger partial charge is 0.163 e. The van der Waals surface area contributed by atoms with Gasteiger partial charge in [0.2, 0.25) is 0 Å². The lowest BCUT2D eigenvalue weighted by Gasteiger charge is -2.35. The zero-order valence-electron chi connectivity index (χ0n) is 12.3. The monoisotopic (exact) mass is 318 g/mol. The molecule has 0 bridgehead atoms. The van der Waals surface area contributed by atoms with Crippen LogP contribution in [-0.2, 0) is 0 Å². The van der Waals surface area contributed by atoms with E-state index in [1.165, 1.54) is 0 Å². The molecular formula is C16H19ClN4O. The Morgan fingerprint density at radius 1 is 1.05 bits per heavy atom. The first kappa shape index (κ1) is 15.2. The van der Waals surface area contributed by atoms with Gasteiger partial charge in [-0.25, -0.2) is 9.97 Å². The third kappa shape index (κ3) is 3.55. The first-order valence-corrected chi connectivity index (χ1v) is 7.82. The number of rotatable bonds is 4. The van der Waals surface area contributed by atoms with Crippen LogP contribution in [0.25, 0.3) is 11.4 Å². The highest BCUT2D eigenvalue weighted by Gasteiger charge is 2.19. The molecule has 0 spiro atoms. The van der Waals surface area contributed by atoms with Gasteiger partial charge in [-0.15, -0.1) is 0 Å². The summed E-state index contributed by atoms with van der Waals surface area (Å²) in [5.74, 6) is 1.52. The lowest BCUT2D eigenvalue weighted by Crippen LogP contribution is -2.47. The second-order valence-corrected chi connectivity index (χ2v) is 5.68. The lowest BCUT2D eigenvalue weighted by molar-refractivity contribution is 0.188. The van der Waals surface area contributed by atoms with Crippen molar-refractivity contribution in [1.29, 1.82) is 0 Å². The second kappa shape index (κ2) is 7.05. The van der Waals surface area contributed by atoms with E-state index in [-0.39, 0.29) is 6.61 Å². The topological polar surface area (TPSA) is 52.5 Å². The number of hydrogen-bond donors (Lipinski definition) is 1. The Labute approximate surface area is 135 Å². The number of hydrogen-bond acceptors (Lipinski definition) is 5. The molecule has 6 heteroatoms. The highest BCUT2D eigenvalue weighted by Crippen LogP contribution is 2.23. The van der Waals surface area contributed by atoms with Gasteiger partial charge in [-0.05, 0) is 0 Å². The molecule has 1 aromatic heterocycles. The minimum absolute atomic E-state index is 0.206. The van der Waals surface area contributed by atoms with Gasteiger partial charge in [0.15, 0.2) is 5.82 Å². The average molecular weight is 319 g/mol. The van der Waals surface area contributed by atoms with Crippen molar-refractivity contribution in [1.82, 2.24) is 14.9 Å². The largest absolute Gasteiger partial charge is 0.395 e. The van der Waals surface area contributed by atoms with Crippen LogP contribution in [0, 0.1) is 0 Å². The lowest BCUT2D eigenvalue weighted by atomic mass is 10.2. The summed E-state index contributed by atoms with van der Waals surface area (Å²) in [5, 5.41) is 9.47. The van der Waals surface area contributed by atoms with Gasteiger partial charge in [-0.2, -0.15) is 0 Å². The molecule has 1 aromatic carbocycles. The van der Waals surface area contributed by atoms with Crippen molar-refractivity contribution < 1.29 is 5.11 Å². The zero-order valence-corrected chi connectivity index (χ0v) is 13.1. The maximum Gasteiger partial charge on any atom is 0.163 e. The zero-order chi connectivity index (χ0) is 15.4. The molecule has 0 amide bonds. The van der Waals surface area contributed by atoms with Crippen LogP contribution in [0.15, 0.2) is 36.4 Å². The maximum absolute atomic E-state index is 9.01. The highest BCUT2D eigenvalue weighted by atomic mass is 35.5. The van der Waals surface area contributed by atoms with Crippen LogP contribution < -0.4 is 4.90 Å². The Morgan fingerprint density at radius 3 is 2.45 bits per heavy atom. The van der Waals surface area contributed by atoms with Crippen molar-refractivity contribution in [2.75, 3.05) is 44.2 Å². The SMILES string of the molecule is OCCN1CCN(c2cc(Cl)nc(-c3ccccc3)n2)CC1. The normalized spacial score (nSPS) is 16.0. The number of aliphatic hydroxyl groups is 1. The van der Waals surface area contributed by atoms with Gasteiger partial charge in [0.25, 0.3) is 0 Å². The van der Waals surface area contributed by atoms with Gasteiger partial charge in [-0.3, -0.25) is 4.90 Å². The van der Waals surface area contributed by atoms with E-state index in [0.717, 1.165) is 44.1 Å². The number of β-amino-alcohol motifs (C(OH)–C–C–N with tert-alkyl or cyclic N) is 1. The summed E-state index contributed by atoms with van der Waals surface area (Å²) < 4.78 is 0. The van der Waals surface area contributed by atoms with Crippen LogP contribution in [0.4, 0.5) is 5.82 Å². The molecular weight excluding hydrogens is 300 g/mol. The maximum atomic E-state index is 9.01. The quantitative estimate of drug-likeness (QED) is 0.873. The fourth-order valence-electron chi connectivity index (χ4n) is 2.63. The van der Waals surface area contributed by atoms with Crippen molar-refractivity contribution in [3.63, 3.8) is 0 Å². The van der Waals surface area contributed by atoms with E-state index >= 15 is 0 Å². The van der Waals surface area contributed by atoms with Crippen molar-refractivity contribution in [2.45, 2.75) is 0 Å². The molecule has 1 aliphatic rings. The molecule has 0 atom stereocenters. The van der Waals surface area contributed by atoms with Crippen LogP contribution in [0.1, 0.15) is 0 Å². The van der Waals surface area contributed by atoms with Crippen LogP contribution in [0.3, 0.4) is 0 Å². The number of aromatic nitrogens is 2. The molecule has 5 nitrogen and oxygen atoms in total. The first-order chi connectivity index (χ1) is 10.8. The average Bonchev–Trinajstić information content (AvgIpc) is 2.56. The Morgan fingerprint density at radius 2 is 1.77 bits per heavy atom. The van der Waals surface area contributed by atoms with E-state index in [1.807, 2.05) is 36.4 Å². The van der Waals surface area contributed by atoms with Gasteiger partial charge in [-0.1, -0.05) is 41.9 Å². The van der Waals surface area contributed by atoms with E-state index < -0.39 is 0 Å².